The number of anilines is 1. The minimum absolute atomic E-state index is 0.294. The second kappa shape index (κ2) is 6.33. The smallest absolute Gasteiger partial charge is 0.303 e. The standard InChI is InChI=1S/C11H17N3O4S2/c1-5-9(10-7(2)13-11(12)19-10)20(16,17)14(4)6-18-8(3)15/h5,9H,1,6H2,2-4H3,(H2,12,13). The van der Waals surface area contributed by atoms with Crippen LogP contribution in [0.2, 0.25) is 0 Å². The molecule has 1 atom stereocenters. The van der Waals surface area contributed by atoms with E-state index in [-0.39, 0.29) is 6.73 Å². The molecule has 0 spiro atoms. The number of hydrogen-bond acceptors (Lipinski definition) is 7. The van der Waals surface area contributed by atoms with Crippen LogP contribution in [0.1, 0.15) is 22.7 Å². The zero-order valence-electron chi connectivity index (χ0n) is 11.5. The first-order chi connectivity index (χ1) is 9.20. The van der Waals surface area contributed by atoms with Crippen molar-refractivity contribution in [1.29, 1.82) is 0 Å². The summed E-state index contributed by atoms with van der Waals surface area (Å²) in [6, 6.07) is 0. The maximum absolute atomic E-state index is 12.4. The summed E-state index contributed by atoms with van der Waals surface area (Å²) in [4.78, 5) is 15.3. The van der Waals surface area contributed by atoms with E-state index in [1.54, 1.807) is 6.92 Å². The van der Waals surface area contributed by atoms with Gasteiger partial charge in [0, 0.05) is 14.0 Å². The minimum atomic E-state index is -3.76. The van der Waals surface area contributed by atoms with Gasteiger partial charge in [0.15, 0.2) is 11.9 Å². The van der Waals surface area contributed by atoms with Gasteiger partial charge in [-0.15, -0.1) is 17.9 Å². The van der Waals surface area contributed by atoms with Crippen molar-refractivity contribution >= 4 is 32.5 Å². The van der Waals surface area contributed by atoms with E-state index >= 15 is 0 Å². The maximum Gasteiger partial charge on any atom is 0.303 e. The van der Waals surface area contributed by atoms with Crippen molar-refractivity contribution in [1.82, 2.24) is 9.29 Å². The van der Waals surface area contributed by atoms with Gasteiger partial charge >= 0.3 is 5.97 Å². The first-order valence-electron chi connectivity index (χ1n) is 5.64. The average molecular weight is 319 g/mol. The highest BCUT2D eigenvalue weighted by Crippen LogP contribution is 2.34. The average Bonchev–Trinajstić information content (AvgIpc) is 2.66. The topological polar surface area (TPSA) is 103 Å². The molecule has 1 aromatic rings. The molecule has 0 saturated carbocycles. The Morgan fingerprint density at radius 3 is 2.65 bits per heavy atom. The SMILES string of the molecule is C=CC(c1sc(N)nc1C)S(=O)(=O)N(C)COC(C)=O. The highest BCUT2D eigenvalue weighted by atomic mass is 32.2. The number of hydrogen-bond donors (Lipinski definition) is 1. The summed E-state index contributed by atoms with van der Waals surface area (Å²) >= 11 is 1.10. The lowest BCUT2D eigenvalue weighted by Crippen LogP contribution is -2.33. The van der Waals surface area contributed by atoms with Gasteiger partial charge in [-0.2, -0.15) is 4.31 Å². The molecule has 1 rings (SSSR count). The Morgan fingerprint density at radius 1 is 1.65 bits per heavy atom. The Morgan fingerprint density at radius 2 is 2.25 bits per heavy atom. The van der Waals surface area contributed by atoms with Gasteiger partial charge in [0.1, 0.15) is 5.25 Å². The number of rotatable bonds is 6. The van der Waals surface area contributed by atoms with Crippen molar-refractivity contribution in [3.63, 3.8) is 0 Å². The van der Waals surface area contributed by atoms with Gasteiger partial charge in [0.25, 0.3) is 0 Å². The lowest BCUT2D eigenvalue weighted by molar-refractivity contribution is -0.143. The number of aryl methyl sites for hydroxylation is 1. The van der Waals surface area contributed by atoms with Gasteiger partial charge in [-0.1, -0.05) is 6.08 Å². The fourth-order valence-electron chi connectivity index (χ4n) is 1.51. The van der Waals surface area contributed by atoms with E-state index in [9.17, 15) is 13.2 Å². The summed E-state index contributed by atoms with van der Waals surface area (Å²) in [6.07, 6.45) is 1.31. The van der Waals surface area contributed by atoms with Crippen LogP contribution in [0.3, 0.4) is 0 Å². The first-order valence-corrected chi connectivity index (χ1v) is 7.96. The predicted octanol–water partition coefficient (Wildman–Crippen LogP) is 1.04. The number of ether oxygens (including phenoxy) is 1. The largest absolute Gasteiger partial charge is 0.449 e. The Labute approximate surface area is 122 Å². The number of nitrogens with zero attached hydrogens (tertiary/aromatic N) is 2. The molecule has 0 aliphatic carbocycles. The van der Waals surface area contributed by atoms with Gasteiger partial charge in [-0.3, -0.25) is 4.79 Å². The molecule has 2 N–H and O–H groups in total. The second-order valence-electron chi connectivity index (χ2n) is 4.07. The van der Waals surface area contributed by atoms with Crippen molar-refractivity contribution in [2.45, 2.75) is 19.1 Å². The molecule has 1 heterocycles. The Balaban J connectivity index is 3.07. The summed E-state index contributed by atoms with van der Waals surface area (Å²) in [5, 5.41) is -0.681. The van der Waals surface area contributed by atoms with E-state index in [2.05, 4.69) is 11.6 Å². The van der Waals surface area contributed by atoms with Crippen LogP contribution in [0.15, 0.2) is 12.7 Å². The van der Waals surface area contributed by atoms with Crippen LogP contribution >= 0.6 is 11.3 Å². The van der Waals surface area contributed by atoms with E-state index < -0.39 is 21.2 Å². The zero-order valence-corrected chi connectivity index (χ0v) is 13.1. The normalized spacial score (nSPS) is 13.2. The van der Waals surface area contributed by atoms with Gasteiger partial charge in [-0.05, 0) is 6.92 Å². The third kappa shape index (κ3) is 3.56. The molecule has 9 heteroatoms. The van der Waals surface area contributed by atoms with Gasteiger partial charge in [-0.25, -0.2) is 13.4 Å². The molecule has 1 aromatic heterocycles. The van der Waals surface area contributed by atoms with Crippen molar-refractivity contribution in [3.05, 3.63) is 23.2 Å². The molecule has 0 aliphatic heterocycles. The number of carbonyl (C=O) groups is 1. The molecule has 0 bridgehead atoms. The molecule has 0 aromatic carbocycles. The third-order valence-corrected chi connectivity index (χ3v) is 5.79. The number of carbonyl (C=O) groups excluding carboxylic acids is 1. The number of esters is 1. The van der Waals surface area contributed by atoms with Crippen molar-refractivity contribution in [3.8, 4) is 0 Å². The highest BCUT2D eigenvalue weighted by molar-refractivity contribution is 7.89. The summed E-state index contributed by atoms with van der Waals surface area (Å²) in [5.41, 5.74) is 6.13. The highest BCUT2D eigenvalue weighted by Gasteiger charge is 2.32. The summed E-state index contributed by atoms with van der Waals surface area (Å²) in [7, 11) is -2.43. The van der Waals surface area contributed by atoms with Gasteiger partial charge in [0.05, 0.1) is 10.6 Å². The molecule has 0 saturated heterocycles. The van der Waals surface area contributed by atoms with E-state index in [1.165, 1.54) is 20.0 Å². The van der Waals surface area contributed by atoms with Gasteiger partial charge < -0.3 is 10.5 Å². The molecule has 0 radical (unpaired) electrons. The predicted molar refractivity (Wildman–Crippen MR) is 77.5 cm³/mol. The molecule has 7 nitrogen and oxygen atoms in total. The van der Waals surface area contributed by atoms with Crippen molar-refractivity contribution < 1.29 is 17.9 Å². The quantitative estimate of drug-likeness (QED) is 0.477. The molecule has 0 amide bonds. The van der Waals surface area contributed by atoms with Crippen molar-refractivity contribution in [2.75, 3.05) is 19.5 Å². The molecular formula is C11H17N3O4S2. The van der Waals surface area contributed by atoms with Crippen LogP contribution in [0.5, 0.6) is 0 Å². The molecule has 112 valence electrons. The summed E-state index contributed by atoms with van der Waals surface area (Å²) in [6.45, 7) is 6.09. The van der Waals surface area contributed by atoms with Crippen LogP contribution < -0.4 is 5.73 Å². The molecule has 20 heavy (non-hydrogen) atoms. The second-order valence-corrected chi connectivity index (χ2v) is 7.29. The van der Waals surface area contributed by atoms with Crippen LogP contribution in [0.25, 0.3) is 0 Å². The van der Waals surface area contributed by atoms with E-state index in [4.69, 9.17) is 10.5 Å². The van der Waals surface area contributed by atoms with E-state index in [0.717, 1.165) is 15.6 Å². The Kier molecular flexibility index (Phi) is 5.26. The Bertz CT molecular complexity index is 609. The molecule has 0 aliphatic rings. The lowest BCUT2D eigenvalue weighted by atomic mass is 10.3. The Hall–Kier alpha value is -1.45. The zero-order chi connectivity index (χ0) is 15.5. The lowest BCUT2D eigenvalue weighted by Gasteiger charge is -2.21. The summed E-state index contributed by atoms with van der Waals surface area (Å²) in [5.74, 6) is -0.555. The van der Waals surface area contributed by atoms with Crippen LogP contribution in [-0.2, 0) is 19.6 Å². The monoisotopic (exact) mass is 319 g/mol. The van der Waals surface area contributed by atoms with Gasteiger partial charge in [0.2, 0.25) is 10.0 Å². The maximum atomic E-state index is 12.4. The van der Waals surface area contributed by atoms with Crippen LogP contribution in [0, 0.1) is 6.92 Å². The fourth-order valence-corrected chi connectivity index (χ4v) is 4.10. The number of sulfonamides is 1. The number of nitrogen functional groups attached to an aromatic ring is 1. The van der Waals surface area contributed by atoms with Crippen LogP contribution in [-0.4, -0.2) is 37.5 Å². The third-order valence-electron chi connectivity index (χ3n) is 2.53. The molecule has 0 fully saturated rings. The van der Waals surface area contributed by atoms with Crippen molar-refractivity contribution in [2.24, 2.45) is 0 Å². The first kappa shape index (κ1) is 16.6. The van der Waals surface area contributed by atoms with E-state index in [0.29, 0.717) is 15.7 Å². The fraction of sp³-hybridized carbons (Fsp3) is 0.455. The number of nitrogens with two attached hydrogens (primary N) is 1. The minimum Gasteiger partial charge on any atom is -0.449 e. The number of thiazole rings is 1. The summed E-state index contributed by atoms with van der Waals surface area (Å²) < 4.78 is 30.5. The van der Waals surface area contributed by atoms with E-state index in [1.807, 2.05) is 0 Å². The molecule has 1 unspecified atom stereocenters. The van der Waals surface area contributed by atoms with Crippen LogP contribution in [0.4, 0.5) is 5.13 Å². The number of aromatic nitrogens is 1. The molecular weight excluding hydrogens is 302 g/mol.